The van der Waals surface area contributed by atoms with E-state index in [2.05, 4.69) is 15.5 Å². The molecule has 1 heterocycles. The number of nitrogens with zero attached hydrogens (tertiary/aromatic N) is 1. The van der Waals surface area contributed by atoms with Crippen molar-refractivity contribution in [3.8, 4) is 0 Å². The molecule has 1 aliphatic rings. The van der Waals surface area contributed by atoms with E-state index in [0.29, 0.717) is 22.2 Å². The van der Waals surface area contributed by atoms with Gasteiger partial charge >= 0.3 is 0 Å². The summed E-state index contributed by atoms with van der Waals surface area (Å²) in [5.41, 5.74) is 1.36. The molecule has 0 aromatic heterocycles. The van der Waals surface area contributed by atoms with Gasteiger partial charge in [0.2, 0.25) is 5.91 Å². The maximum atomic E-state index is 13.1. The minimum absolute atomic E-state index is 0.00719. The summed E-state index contributed by atoms with van der Waals surface area (Å²) in [6, 6.07) is 13.9. The predicted molar refractivity (Wildman–Crippen MR) is 126 cm³/mol. The molecule has 2 aromatic rings. The van der Waals surface area contributed by atoms with Gasteiger partial charge in [0.1, 0.15) is 6.04 Å². The zero-order valence-corrected chi connectivity index (χ0v) is 19.4. The zero-order valence-electron chi connectivity index (χ0n) is 17.9. The van der Waals surface area contributed by atoms with E-state index in [1.165, 1.54) is 0 Å². The number of carbonyl (C=O) groups excluding carboxylic acids is 2. The van der Waals surface area contributed by atoms with Crippen LogP contribution < -0.4 is 10.6 Å². The normalized spacial score (nSPS) is 16.2. The first-order valence-corrected chi connectivity index (χ1v) is 11.5. The highest BCUT2D eigenvalue weighted by molar-refractivity contribution is 6.33. The van der Waals surface area contributed by atoms with Gasteiger partial charge in [0.15, 0.2) is 0 Å². The first-order valence-electron chi connectivity index (χ1n) is 10.7. The van der Waals surface area contributed by atoms with Crippen molar-refractivity contribution < 1.29 is 9.59 Å². The van der Waals surface area contributed by atoms with Crippen molar-refractivity contribution in [3.63, 3.8) is 0 Å². The predicted octanol–water partition coefficient (Wildman–Crippen LogP) is 4.70. The van der Waals surface area contributed by atoms with Crippen LogP contribution in [0.5, 0.6) is 0 Å². The summed E-state index contributed by atoms with van der Waals surface area (Å²) in [7, 11) is 0. The Morgan fingerprint density at radius 2 is 1.58 bits per heavy atom. The monoisotopic (exact) mass is 461 g/mol. The van der Waals surface area contributed by atoms with E-state index in [9.17, 15) is 9.59 Å². The van der Waals surface area contributed by atoms with E-state index in [1.54, 1.807) is 24.3 Å². The van der Waals surface area contributed by atoms with Crippen molar-refractivity contribution in [2.24, 2.45) is 5.92 Å². The third kappa shape index (κ3) is 6.00. The van der Waals surface area contributed by atoms with Crippen LogP contribution in [-0.2, 0) is 4.79 Å². The molecule has 2 N–H and O–H groups in total. The minimum atomic E-state index is -0.672. The quantitative estimate of drug-likeness (QED) is 0.598. The third-order valence-electron chi connectivity index (χ3n) is 5.67. The van der Waals surface area contributed by atoms with Gasteiger partial charge in [-0.25, -0.2) is 0 Å². The second-order valence-corrected chi connectivity index (χ2v) is 9.01. The molecule has 166 valence electrons. The number of nitrogens with one attached hydrogen (secondary N) is 2. The Balaban J connectivity index is 1.71. The summed E-state index contributed by atoms with van der Waals surface area (Å²) in [5, 5.41) is 6.95. The molecule has 1 fully saturated rings. The van der Waals surface area contributed by atoms with Gasteiger partial charge in [-0.1, -0.05) is 67.4 Å². The smallest absolute Gasteiger partial charge is 0.253 e. The van der Waals surface area contributed by atoms with Crippen molar-refractivity contribution in [1.82, 2.24) is 15.5 Å². The summed E-state index contributed by atoms with van der Waals surface area (Å²) in [5.74, 6) is -0.662. The first-order chi connectivity index (χ1) is 14.9. The lowest BCUT2D eigenvalue weighted by molar-refractivity contribution is -0.124. The largest absolute Gasteiger partial charge is 0.352 e. The lowest BCUT2D eigenvalue weighted by Crippen LogP contribution is -2.51. The molecule has 1 saturated heterocycles. The molecule has 5 nitrogen and oxygen atoms in total. The summed E-state index contributed by atoms with van der Waals surface area (Å²) in [6.45, 7) is 6.19. The summed E-state index contributed by atoms with van der Waals surface area (Å²) in [4.78, 5) is 28.1. The molecule has 0 saturated carbocycles. The van der Waals surface area contributed by atoms with Gasteiger partial charge in [-0.15, -0.1) is 0 Å². The van der Waals surface area contributed by atoms with Crippen molar-refractivity contribution in [1.29, 1.82) is 0 Å². The van der Waals surface area contributed by atoms with Crippen molar-refractivity contribution in [2.75, 3.05) is 19.6 Å². The number of benzene rings is 2. The first kappa shape index (κ1) is 23.6. The lowest BCUT2D eigenvalue weighted by atomic mass is 10.0. The molecule has 7 heteroatoms. The van der Waals surface area contributed by atoms with Gasteiger partial charge in [-0.2, -0.15) is 0 Å². The van der Waals surface area contributed by atoms with Crippen molar-refractivity contribution in [3.05, 3.63) is 69.7 Å². The molecule has 2 amide bonds. The summed E-state index contributed by atoms with van der Waals surface area (Å²) in [6.07, 6.45) is 2.27. The fourth-order valence-electron chi connectivity index (χ4n) is 3.94. The van der Waals surface area contributed by atoms with E-state index in [0.717, 1.165) is 31.5 Å². The highest BCUT2D eigenvalue weighted by atomic mass is 35.5. The van der Waals surface area contributed by atoms with Crippen molar-refractivity contribution >= 4 is 35.0 Å². The van der Waals surface area contributed by atoms with E-state index >= 15 is 0 Å². The molecule has 0 spiro atoms. The van der Waals surface area contributed by atoms with Gasteiger partial charge in [0.25, 0.3) is 5.91 Å². The Bertz CT molecular complexity index is 913. The fraction of sp³-hybridized carbons (Fsp3) is 0.417. The second-order valence-electron chi connectivity index (χ2n) is 8.20. The number of amides is 2. The number of hydrogen-bond acceptors (Lipinski definition) is 3. The maximum Gasteiger partial charge on any atom is 0.253 e. The lowest BCUT2D eigenvalue weighted by Gasteiger charge is -2.30. The summed E-state index contributed by atoms with van der Waals surface area (Å²) >= 11 is 12.6. The van der Waals surface area contributed by atoms with E-state index in [4.69, 9.17) is 23.2 Å². The average Bonchev–Trinajstić information content (AvgIpc) is 3.27. The SMILES string of the molecule is CC(C)[C@H](NC(=O)c1ccccc1Cl)C(=O)NC[C@@H](c1ccccc1Cl)N1CCCC1. The highest BCUT2D eigenvalue weighted by Gasteiger charge is 2.29. The van der Waals surface area contributed by atoms with Gasteiger partial charge in [0.05, 0.1) is 16.6 Å². The molecule has 0 bridgehead atoms. The molecule has 2 atom stereocenters. The van der Waals surface area contributed by atoms with Crippen LogP contribution in [0.1, 0.15) is 48.7 Å². The Morgan fingerprint density at radius 3 is 2.19 bits per heavy atom. The molecule has 1 aliphatic heterocycles. The second kappa shape index (κ2) is 11.0. The number of likely N-dealkylation sites (tertiary alicyclic amines) is 1. The van der Waals surface area contributed by atoms with Crippen LogP contribution in [-0.4, -0.2) is 42.4 Å². The van der Waals surface area contributed by atoms with Gasteiger partial charge in [-0.3, -0.25) is 14.5 Å². The molecular formula is C24H29Cl2N3O2. The molecule has 0 unspecified atom stereocenters. The van der Waals surface area contributed by atoms with Crippen LogP contribution in [0.25, 0.3) is 0 Å². The Labute approximate surface area is 194 Å². The minimum Gasteiger partial charge on any atom is -0.352 e. The number of halogens is 2. The highest BCUT2D eigenvalue weighted by Crippen LogP contribution is 2.29. The van der Waals surface area contributed by atoms with Crippen LogP contribution in [0.2, 0.25) is 10.0 Å². The molecule has 3 rings (SSSR count). The average molecular weight is 462 g/mol. The van der Waals surface area contributed by atoms with E-state index < -0.39 is 6.04 Å². The topological polar surface area (TPSA) is 61.4 Å². The fourth-order valence-corrected chi connectivity index (χ4v) is 4.42. The molecular weight excluding hydrogens is 433 g/mol. The zero-order chi connectivity index (χ0) is 22.4. The number of rotatable bonds is 8. The molecule has 2 aromatic carbocycles. The summed E-state index contributed by atoms with van der Waals surface area (Å²) < 4.78 is 0. The van der Waals surface area contributed by atoms with Gasteiger partial charge < -0.3 is 10.6 Å². The Hall–Kier alpha value is -2.08. The van der Waals surface area contributed by atoms with Crippen LogP contribution in [0, 0.1) is 5.92 Å². The molecule has 31 heavy (non-hydrogen) atoms. The standard InChI is InChI=1S/C24H29Cl2N3O2/c1-16(2)22(28-23(30)18-10-4-6-12-20(18)26)24(31)27-15-21(29-13-7-8-14-29)17-9-3-5-11-19(17)25/h3-6,9-12,16,21-22H,7-8,13-15H2,1-2H3,(H,27,31)(H,28,30)/t21-,22-/m0/s1. The Morgan fingerprint density at radius 1 is 0.968 bits per heavy atom. The number of hydrogen-bond donors (Lipinski definition) is 2. The molecule has 0 aliphatic carbocycles. The molecule has 0 radical (unpaired) electrons. The van der Waals surface area contributed by atoms with E-state index in [-0.39, 0.29) is 23.8 Å². The van der Waals surface area contributed by atoms with Crippen LogP contribution in [0.4, 0.5) is 0 Å². The van der Waals surface area contributed by atoms with Crippen molar-refractivity contribution in [2.45, 2.75) is 38.8 Å². The van der Waals surface area contributed by atoms with Gasteiger partial charge in [-0.05, 0) is 55.6 Å². The maximum absolute atomic E-state index is 13.1. The van der Waals surface area contributed by atoms with Gasteiger partial charge in [0, 0.05) is 11.6 Å². The van der Waals surface area contributed by atoms with Crippen LogP contribution >= 0.6 is 23.2 Å². The Kier molecular flexibility index (Phi) is 8.35. The van der Waals surface area contributed by atoms with Crippen LogP contribution in [0.15, 0.2) is 48.5 Å². The third-order valence-corrected chi connectivity index (χ3v) is 6.34. The van der Waals surface area contributed by atoms with E-state index in [1.807, 2.05) is 38.1 Å². The number of carbonyl (C=O) groups is 2. The van der Waals surface area contributed by atoms with Crippen LogP contribution in [0.3, 0.4) is 0 Å².